The molecule has 0 amide bonds. The third-order valence-electron chi connectivity index (χ3n) is 2.85. The van der Waals surface area contributed by atoms with Gasteiger partial charge in [0.25, 0.3) is 0 Å². The second-order valence-corrected chi connectivity index (χ2v) is 4.08. The Hall–Kier alpha value is -2.60. The highest BCUT2D eigenvalue weighted by molar-refractivity contribution is 5.72. The predicted octanol–water partition coefficient (Wildman–Crippen LogP) is 5.95. The summed E-state index contributed by atoms with van der Waals surface area (Å²) in [7, 11) is 0. The Morgan fingerprint density at radius 2 is 1.10 bits per heavy atom. The molecule has 0 heterocycles. The van der Waals surface area contributed by atoms with Crippen LogP contribution in [0.1, 0.15) is 22.3 Å². The molecule has 0 unspecified atom stereocenters. The van der Waals surface area contributed by atoms with Gasteiger partial charge in [-0.1, -0.05) is 99.2 Å². The molecule has 0 N–H and O–H groups in total. The van der Waals surface area contributed by atoms with Gasteiger partial charge in [-0.2, -0.15) is 0 Å². The summed E-state index contributed by atoms with van der Waals surface area (Å²) in [6.45, 7) is 14.8. The quantitative estimate of drug-likeness (QED) is 0.637. The Labute approximate surface area is 122 Å². The molecule has 0 bridgehead atoms. The lowest BCUT2D eigenvalue weighted by Crippen LogP contribution is -1.84. The Morgan fingerprint density at radius 1 is 0.550 bits per heavy atom. The maximum atomic E-state index is 3.75. The van der Waals surface area contributed by atoms with Crippen LogP contribution in [0.15, 0.2) is 74.8 Å². The highest BCUT2D eigenvalue weighted by atomic mass is 14.0. The van der Waals surface area contributed by atoms with Crippen molar-refractivity contribution in [1.82, 2.24) is 0 Å². The van der Waals surface area contributed by atoms with Crippen LogP contribution < -0.4 is 0 Å². The summed E-state index contributed by atoms with van der Waals surface area (Å²) < 4.78 is 0. The van der Waals surface area contributed by atoms with Gasteiger partial charge in [0, 0.05) is 0 Å². The van der Waals surface area contributed by atoms with E-state index < -0.39 is 0 Å². The molecule has 0 atom stereocenters. The monoisotopic (exact) mass is 260 g/mol. The number of hydrogen-bond donors (Lipinski definition) is 0. The Balaban J connectivity index is 0.000000217. The minimum Gasteiger partial charge on any atom is -0.0985 e. The molecule has 0 nitrogen and oxygen atoms in total. The summed E-state index contributed by atoms with van der Waals surface area (Å²) in [4.78, 5) is 0. The van der Waals surface area contributed by atoms with Crippen molar-refractivity contribution in [3.05, 3.63) is 97.1 Å². The van der Waals surface area contributed by atoms with E-state index in [1.165, 1.54) is 5.56 Å². The van der Waals surface area contributed by atoms with Crippen molar-refractivity contribution in [3.63, 3.8) is 0 Å². The van der Waals surface area contributed by atoms with Gasteiger partial charge in [-0.05, 0) is 22.3 Å². The molecule has 0 aromatic heterocycles. The van der Waals surface area contributed by atoms with Crippen LogP contribution in [0.25, 0.3) is 24.3 Å². The zero-order chi connectivity index (χ0) is 14.8. The molecule has 2 aromatic carbocycles. The molecule has 0 saturated heterocycles. The standard InChI is InChI=1S/C12H12.C8H8/c1-4-10-8-7-9-11(5-2)12(10)6-3;1-2-8-6-4-3-5-7-8/h4-9H,1-3H2;2-7H,1H2. The molecular formula is C20H20. The first-order chi connectivity index (χ1) is 9.76. The lowest BCUT2D eigenvalue weighted by molar-refractivity contribution is 1.58. The molecule has 0 aliphatic heterocycles. The molecule has 100 valence electrons. The van der Waals surface area contributed by atoms with Crippen molar-refractivity contribution in [2.45, 2.75) is 0 Å². The van der Waals surface area contributed by atoms with E-state index in [-0.39, 0.29) is 0 Å². The average Bonchev–Trinajstić information content (AvgIpc) is 2.55. The summed E-state index contributed by atoms with van der Waals surface area (Å²) in [5.41, 5.74) is 4.47. The molecule has 20 heavy (non-hydrogen) atoms. The van der Waals surface area contributed by atoms with Gasteiger partial charge in [-0.15, -0.1) is 0 Å². The summed E-state index contributed by atoms with van der Waals surface area (Å²) in [5, 5.41) is 0. The molecule has 0 spiro atoms. The zero-order valence-corrected chi connectivity index (χ0v) is 11.8. The first kappa shape index (κ1) is 15.5. The van der Waals surface area contributed by atoms with Gasteiger partial charge < -0.3 is 0 Å². The van der Waals surface area contributed by atoms with Crippen LogP contribution in [-0.2, 0) is 0 Å². The van der Waals surface area contributed by atoms with E-state index >= 15 is 0 Å². The van der Waals surface area contributed by atoms with Gasteiger partial charge in [0.15, 0.2) is 0 Å². The van der Waals surface area contributed by atoms with Crippen LogP contribution >= 0.6 is 0 Å². The van der Waals surface area contributed by atoms with Gasteiger partial charge >= 0.3 is 0 Å². The van der Waals surface area contributed by atoms with Crippen molar-refractivity contribution in [3.8, 4) is 0 Å². The summed E-state index contributed by atoms with van der Waals surface area (Å²) >= 11 is 0. The minimum absolute atomic E-state index is 1.10. The number of rotatable bonds is 4. The SMILES string of the molecule is C=Cc1cccc(C=C)c1C=C.C=Cc1ccccc1. The molecule has 0 aliphatic rings. The summed E-state index contributed by atoms with van der Waals surface area (Å²) in [5.74, 6) is 0. The predicted molar refractivity (Wildman–Crippen MR) is 93.2 cm³/mol. The first-order valence-corrected chi connectivity index (χ1v) is 6.44. The molecule has 0 aliphatic carbocycles. The van der Waals surface area contributed by atoms with Crippen molar-refractivity contribution < 1.29 is 0 Å². The van der Waals surface area contributed by atoms with Gasteiger partial charge in [0.2, 0.25) is 0 Å². The molecule has 2 rings (SSSR count). The van der Waals surface area contributed by atoms with Crippen LogP contribution in [-0.4, -0.2) is 0 Å². The highest BCUT2D eigenvalue weighted by Gasteiger charge is 1.97. The average molecular weight is 260 g/mol. The highest BCUT2D eigenvalue weighted by Crippen LogP contribution is 2.18. The van der Waals surface area contributed by atoms with Crippen LogP contribution in [0.3, 0.4) is 0 Å². The summed E-state index contributed by atoms with van der Waals surface area (Å²) in [6.07, 6.45) is 7.31. The lowest BCUT2D eigenvalue weighted by atomic mass is 10.0. The van der Waals surface area contributed by atoms with Crippen LogP contribution in [0, 0.1) is 0 Å². The fraction of sp³-hybridized carbons (Fsp3) is 0. The fourth-order valence-electron chi connectivity index (χ4n) is 1.78. The Morgan fingerprint density at radius 3 is 1.45 bits per heavy atom. The summed E-state index contributed by atoms with van der Waals surface area (Å²) in [6, 6.07) is 16.0. The molecule has 0 saturated carbocycles. The topological polar surface area (TPSA) is 0 Å². The van der Waals surface area contributed by atoms with Gasteiger partial charge in [-0.3, -0.25) is 0 Å². The number of benzene rings is 2. The van der Waals surface area contributed by atoms with Crippen molar-refractivity contribution in [2.75, 3.05) is 0 Å². The second-order valence-electron chi connectivity index (χ2n) is 4.08. The van der Waals surface area contributed by atoms with Crippen molar-refractivity contribution >= 4 is 24.3 Å². The van der Waals surface area contributed by atoms with E-state index in [1.54, 1.807) is 0 Å². The maximum absolute atomic E-state index is 3.75. The molecule has 0 radical (unpaired) electrons. The third kappa shape index (κ3) is 4.25. The van der Waals surface area contributed by atoms with Crippen LogP contribution in [0.2, 0.25) is 0 Å². The molecule has 2 aromatic rings. The number of hydrogen-bond acceptors (Lipinski definition) is 0. The van der Waals surface area contributed by atoms with E-state index in [1.807, 2.05) is 72.8 Å². The van der Waals surface area contributed by atoms with E-state index in [2.05, 4.69) is 26.3 Å². The van der Waals surface area contributed by atoms with Crippen molar-refractivity contribution in [1.29, 1.82) is 0 Å². The minimum atomic E-state index is 1.10. The normalized spacial score (nSPS) is 8.80. The lowest BCUT2D eigenvalue weighted by Gasteiger charge is -2.03. The first-order valence-electron chi connectivity index (χ1n) is 6.44. The van der Waals surface area contributed by atoms with Crippen molar-refractivity contribution in [2.24, 2.45) is 0 Å². The second kappa shape index (κ2) is 8.49. The molecule has 0 heteroatoms. The maximum Gasteiger partial charge on any atom is -0.0118 e. The largest absolute Gasteiger partial charge is 0.0985 e. The Bertz CT molecular complexity index is 562. The Kier molecular flexibility index (Phi) is 6.56. The van der Waals surface area contributed by atoms with Gasteiger partial charge in [-0.25, -0.2) is 0 Å². The van der Waals surface area contributed by atoms with E-state index in [0.29, 0.717) is 0 Å². The molecule has 0 fully saturated rings. The zero-order valence-electron chi connectivity index (χ0n) is 11.8. The molecular weight excluding hydrogens is 240 g/mol. The third-order valence-corrected chi connectivity index (χ3v) is 2.85. The van der Waals surface area contributed by atoms with Crippen LogP contribution in [0.5, 0.6) is 0 Å². The van der Waals surface area contributed by atoms with Gasteiger partial charge in [0.05, 0.1) is 0 Å². The van der Waals surface area contributed by atoms with Gasteiger partial charge in [0.1, 0.15) is 0 Å². The van der Waals surface area contributed by atoms with E-state index in [9.17, 15) is 0 Å². The smallest absolute Gasteiger partial charge is 0.0118 e. The van der Waals surface area contributed by atoms with E-state index in [0.717, 1.165) is 16.7 Å². The van der Waals surface area contributed by atoms with E-state index in [4.69, 9.17) is 0 Å². The van der Waals surface area contributed by atoms with Crippen LogP contribution in [0.4, 0.5) is 0 Å². The fourth-order valence-corrected chi connectivity index (χ4v) is 1.78.